The Morgan fingerprint density at radius 2 is 1.96 bits per heavy atom. The number of rotatable bonds is 3. The first kappa shape index (κ1) is 13.7. The van der Waals surface area contributed by atoms with Crippen LogP contribution >= 0.6 is 0 Å². The SMILES string of the molecule is O=C(Cn1cnc2ccccc21)N/N=C1\CCc2ccccc21. The Morgan fingerprint density at radius 1 is 1.13 bits per heavy atom. The number of hydrogen-bond donors (Lipinski definition) is 1. The molecule has 114 valence electrons. The minimum atomic E-state index is -0.148. The monoisotopic (exact) mass is 304 g/mol. The van der Waals surface area contributed by atoms with Crippen molar-refractivity contribution in [3.63, 3.8) is 0 Å². The number of amides is 1. The summed E-state index contributed by atoms with van der Waals surface area (Å²) in [6, 6.07) is 15.9. The lowest BCUT2D eigenvalue weighted by Gasteiger charge is -2.04. The van der Waals surface area contributed by atoms with Crippen LogP contribution in [0.4, 0.5) is 0 Å². The van der Waals surface area contributed by atoms with E-state index in [1.165, 1.54) is 5.56 Å². The maximum Gasteiger partial charge on any atom is 0.260 e. The predicted octanol–water partition coefficient (Wildman–Crippen LogP) is 2.50. The topological polar surface area (TPSA) is 59.3 Å². The van der Waals surface area contributed by atoms with Crippen molar-refractivity contribution >= 4 is 22.7 Å². The quantitative estimate of drug-likeness (QED) is 0.756. The Bertz CT molecular complexity index is 910. The van der Waals surface area contributed by atoms with Crippen LogP contribution < -0.4 is 5.43 Å². The zero-order chi connectivity index (χ0) is 15.6. The number of nitrogens with zero attached hydrogens (tertiary/aromatic N) is 3. The van der Waals surface area contributed by atoms with E-state index in [1.54, 1.807) is 6.33 Å². The minimum absolute atomic E-state index is 0.148. The number of nitrogens with one attached hydrogen (secondary N) is 1. The number of hydrogen-bond acceptors (Lipinski definition) is 3. The summed E-state index contributed by atoms with van der Waals surface area (Å²) < 4.78 is 1.83. The smallest absolute Gasteiger partial charge is 0.260 e. The zero-order valence-corrected chi connectivity index (χ0v) is 12.6. The third kappa shape index (κ3) is 2.61. The number of carbonyl (C=O) groups is 1. The second-order valence-corrected chi connectivity index (χ2v) is 5.61. The van der Waals surface area contributed by atoms with E-state index in [0.717, 1.165) is 35.2 Å². The molecule has 0 aliphatic heterocycles. The first-order chi connectivity index (χ1) is 11.3. The van der Waals surface area contributed by atoms with E-state index in [0.29, 0.717) is 0 Å². The number of hydrazone groups is 1. The van der Waals surface area contributed by atoms with E-state index in [2.05, 4.69) is 27.6 Å². The molecule has 0 unspecified atom stereocenters. The molecule has 1 heterocycles. The normalized spacial score (nSPS) is 15.0. The van der Waals surface area contributed by atoms with Crippen molar-refractivity contribution in [1.82, 2.24) is 15.0 Å². The van der Waals surface area contributed by atoms with Gasteiger partial charge in [0.05, 0.1) is 23.1 Å². The van der Waals surface area contributed by atoms with E-state index in [4.69, 9.17) is 0 Å². The third-order valence-electron chi connectivity index (χ3n) is 4.12. The van der Waals surface area contributed by atoms with Gasteiger partial charge in [0.15, 0.2) is 0 Å². The van der Waals surface area contributed by atoms with Crippen LogP contribution in [0.15, 0.2) is 60.0 Å². The molecule has 0 saturated carbocycles. The average molecular weight is 304 g/mol. The summed E-state index contributed by atoms with van der Waals surface area (Å²) in [7, 11) is 0. The molecule has 0 bridgehead atoms. The Kier molecular flexibility index (Phi) is 3.38. The van der Waals surface area contributed by atoms with Crippen molar-refractivity contribution in [2.24, 2.45) is 5.10 Å². The van der Waals surface area contributed by atoms with Gasteiger partial charge in [-0.2, -0.15) is 5.10 Å². The molecule has 23 heavy (non-hydrogen) atoms. The van der Waals surface area contributed by atoms with Gasteiger partial charge in [-0.15, -0.1) is 0 Å². The zero-order valence-electron chi connectivity index (χ0n) is 12.6. The molecule has 1 amide bonds. The highest BCUT2D eigenvalue weighted by Crippen LogP contribution is 2.21. The fourth-order valence-corrected chi connectivity index (χ4v) is 2.98. The number of aryl methyl sites for hydroxylation is 1. The fraction of sp³-hybridized carbons (Fsp3) is 0.167. The Hall–Kier alpha value is -2.95. The van der Waals surface area contributed by atoms with Crippen LogP contribution in [-0.2, 0) is 17.8 Å². The number of aromatic nitrogens is 2. The second-order valence-electron chi connectivity index (χ2n) is 5.61. The summed E-state index contributed by atoms with van der Waals surface area (Å²) in [5.74, 6) is -0.148. The van der Waals surface area contributed by atoms with Gasteiger partial charge >= 0.3 is 0 Å². The van der Waals surface area contributed by atoms with E-state index in [-0.39, 0.29) is 12.5 Å². The molecule has 0 saturated heterocycles. The van der Waals surface area contributed by atoms with E-state index in [1.807, 2.05) is 41.0 Å². The number of fused-ring (bicyclic) bond motifs is 2. The van der Waals surface area contributed by atoms with Crippen LogP contribution in [0.25, 0.3) is 11.0 Å². The Labute approximate surface area is 133 Å². The summed E-state index contributed by atoms with van der Waals surface area (Å²) in [5, 5.41) is 4.31. The van der Waals surface area contributed by atoms with Gasteiger partial charge < -0.3 is 4.57 Å². The molecule has 2 aromatic carbocycles. The molecule has 3 aromatic rings. The molecule has 1 N–H and O–H groups in total. The lowest BCUT2D eigenvalue weighted by molar-refractivity contribution is -0.121. The molecule has 1 aliphatic carbocycles. The van der Waals surface area contributed by atoms with Crippen molar-refractivity contribution in [3.05, 3.63) is 66.0 Å². The van der Waals surface area contributed by atoms with Gasteiger partial charge in [-0.3, -0.25) is 4.79 Å². The second kappa shape index (κ2) is 5.68. The van der Waals surface area contributed by atoms with Crippen LogP contribution in [0.3, 0.4) is 0 Å². The van der Waals surface area contributed by atoms with Gasteiger partial charge in [0.2, 0.25) is 0 Å². The van der Waals surface area contributed by atoms with Gasteiger partial charge in [-0.25, -0.2) is 10.4 Å². The van der Waals surface area contributed by atoms with Gasteiger partial charge in [-0.05, 0) is 30.5 Å². The average Bonchev–Trinajstić information content (AvgIpc) is 3.18. The van der Waals surface area contributed by atoms with Gasteiger partial charge in [0.25, 0.3) is 5.91 Å². The molecule has 0 fully saturated rings. The van der Waals surface area contributed by atoms with Crippen LogP contribution in [0.1, 0.15) is 17.5 Å². The van der Waals surface area contributed by atoms with E-state index >= 15 is 0 Å². The highest BCUT2D eigenvalue weighted by Gasteiger charge is 2.17. The summed E-state index contributed by atoms with van der Waals surface area (Å²) in [6.07, 6.45) is 3.53. The largest absolute Gasteiger partial charge is 0.321 e. The molecule has 5 nitrogen and oxygen atoms in total. The molecule has 1 aliphatic rings. The van der Waals surface area contributed by atoms with Crippen molar-refractivity contribution in [2.45, 2.75) is 19.4 Å². The predicted molar refractivity (Wildman–Crippen MR) is 89.2 cm³/mol. The van der Waals surface area contributed by atoms with Gasteiger partial charge in [0.1, 0.15) is 6.54 Å². The van der Waals surface area contributed by atoms with Crippen molar-refractivity contribution in [1.29, 1.82) is 0 Å². The summed E-state index contributed by atoms with van der Waals surface area (Å²) in [5.41, 5.74) is 7.88. The van der Waals surface area contributed by atoms with Crippen molar-refractivity contribution < 1.29 is 4.79 Å². The Balaban J connectivity index is 1.48. The van der Waals surface area contributed by atoms with E-state index in [9.17, 15) is 4.79 Å². The highest BCUT2D eigenvalue weighted by atomic mass is 16.2. The molecule has 0 spiro atoms. The molecule has 1 aromatic heterocycles. The third-order valence-corrected chi connectivity index (χ3v) is 4.12. The standard InChI is InChI=1S/C18H16N4O/c23-18(11-22-12-19-16-7-3-4-8-17(16)22)21-20-15-10-9-13-5-1-2-6-14(13)15/h1-8,12H,9-11H2,(H,21,23)/b20-15+. The highest BCUT2D eigenvalue weighted by molar-refractivity contribution is 6.04. The maximum absolute atomic E-state index is 12.2. The van der Waals surface area contributed by atoms with Crippen LogP contribution in [0.2, 0.25) is 0 Å². The lowest BCUT2D eigenvalue weighted by Crippen LogP contribution is -2.24. The molecule has 0 atom stereocenters. The molecular formula is C18H16N4O. The summed E-state index contributed by atoms with van der Waals surface area (Å²) >= 11 is 0. The molecule has 5 heteroatoms. The maximum atomic E-state index is 12.2. The van der Waals surface area contributed by atoms with Crippen LogP contribution in [0, 0.1) is 0 Å². The number of imidazole rings is 1. The first-order valence-electron chi connectivity index (χ1n) is 7.65. The Morgan fingerprint density at radius 3 is 2.91 bits per heavy atom. The summed E-state index contributed by atoms with van der Waals surface area (Å²) in [6.45, 7) is 0.207. The molecule has 0 radical (unpaired) electrons. The van der Waals surface area contributed by atoms with Crippen LogP contribution in [-0.4, -0.2) is 21.2 Å². The molecule has 4 rings (SSSR count). The number of carbonyl (C=O) groups excluding carboxylic acids is 1. The minimum Gasteiger partial charge on any atom is -0.321 e. The van der Waals surface area contributed by atoms with Crippen LogP contribution in [0.5, 0.6) is 0 Å². The lowest BCUT2D eigenvalue weighted by atomic mass is 10.1. The molecular weight excluding hydrogens is 288 g/mol. The van der Waals surface area contributed by atoms with Crippen molar-refractivity contribution in [2.75, 3.05) is 0 Å². The first-order valence-corrected chi connectivity index (χ1v) is 7.65. The van der Waals surface area contributed by atoms with Crippen molar-refractivity contribution in [3.8, 4) is 0 Å². The summed E-state index contributed by atoms with van der Waals surface area (Å²) in [4.78, 5) is 16.4. The fourth-order valence-electron chi connectivity index (χ4n) is 2.98. The van der Waals surface area contributed by atoms with E-state index < -0.39 is 0 Å². The number of para-hydroxylation sites is 2. The number of benzene rings is 2. The van der Waals surface area contributed by atoms with Gasteiger partial charge in [-0.1, -0.05) is 36.4 Å². The van der Waals surface area contributed by atoms with Gasteiger partial charge in [0, 0.05) is 5.56 Å².